The summed E-state index contributed by atoms with van der Waals surface area (Å²) in [6, 6.07) is 9.03. The summed E-state index contributed by atoms with van der Waals surface area (Å²) < 4.78 is 0. The van der Waals surface area contributed by atoms with Crippen molar-refractivity contribution in [1.29, 1.82) is 0 Å². The molecule has 0 spiro atoms. The summed E-state index contributed by atoms with van der Waals surface area (Å²) in [4.78, 5) is 20.9. The van der Waals surface area contributed by atoms with Crippen LogP contribution in [0.2, 0.25) is 0 Å². The van der Waals surface area contributed by atoms with Crippen LogP contribution < -0.4 is 20.9 Å². The average Bonchev–Trinajstić information content (AvgIpc) is 3.29. The minimum absolute atomic E-state index is 0.0817. The summed E-state index contributed by atoms with van der Waals surface area (Å²) in [6.45, 7) is 7.88. The lowest BCUT2D eigenvalue weighted by molar-refractivity contribution is -0.122. The van der Waals surface area contributed by atoms with Crippen LogP contribution in [0.1, 0.15) is 25.3 Å². The van der Waals surface area contributed by atoms with Crippen LogP contribution in [-0.2, 0) is 11.3 Å². The molecular weight excluding hydrogens is 364 g/mol. The Morgan fingerprint density at radius 3 is 2.66 bits per heavy atom. The Morgan fingerprint density at radius 1 is 1.21 bits per heavy atom. The zero-order valence-electron chi connectivity index (χ0n) is 17.7. The fourth-order valence-corrected chi connectivity index (χ4v) is 3.74. The molecule has 2 heterocycles. The van der Waals surface area contributed by atoms with Crippen LogP contribution in [0.4, 0.5) is 5.69 Å². The zero-order chi connectivity index (χ0) is 20.5. The van der Waals surface area contributed by atoms with E-state index in [4.69, 9.17) is 4.99 Å². The maximum absolute atomic E-state index is 11.5. The van der Waals surface area contributed by atoms with Crippen molar-refractivity contribution in [2.24, 2.45) is 4.99 Å². The molecule has 1 saturated heterocycles. The Labute approximate surface area is 174 Å². The van der Waals surface area contributed by atoms with Gasteiger partial charge in [0.25, 0.3) is 0 Å². The van der Waals surface area contributed by atoms with Crippen LogP contribution in [0.15, 0.2) is 41.4 Å². The number of hydrogen-bond donors (Lipinski definition) is 3. The van der Waals surface area contributed by atoms with E-state index in [0.717, 1.165) is 51.5 Å². The maximum Gasteiger partial charge on any atom is 0.233 e. The van der Waals surface area contributed by atoms with Crippen molar-refractivity contribution in [3.63, 3.8) is 0 Å². The average molecular weight is 399 g/mol. The van der Waals surface area contributed by atoms with Gasteiger partial charge in [-0.3, -0.25) is 9.69 Å². The quantitative estimate of drug-likeness (QED) is 0.367. The van der Waals surface area contributed by atoms with Crippen molar-refractivity contribution < 1.29 is 4.79 Å². The van der Waals surface area contributed by atoms with Crippen LogP contribution in [-0.4, -0.2) is 69.1 Å². The number of carbonyl (C=O) groups excluding carboxylic acids is 1. The third-order valence-electron chi connectivity index (χ3n) is 5.43. The smallest absolute Gasteiger partial charge is 0.233 e. The highest BCUT2D eigenvalue weighted by Crippen LogP contribution is 2.19. The van der Waals surface area contributed by atoms with Gasteiger partial charge in [0, 0.05) is 51.5 Å². The van der Waals surface area contributed by atoms with Crippen molar-refractivity contribution in [3.8, 4) is 0 Å². The number of hydrogen-bond acceptors (Lipinski definition) is 4. The largest absolute Gasteiger partial charge is 0.364 e. The van der Waals surface area contributed by atoms with E-state index in [1.807, 2.05) is 0 Å². The van der Waals surface area contributed by atoms with E-state index in [0.29, 0.717) is 19.1 Å². The molecule has 3 rings (SSSR count). The molecule has 1 fully saturated rings. The molecule has 3 N–H and O–H groups in total. The highest BCUT2D eigenvalue weighted by Gasteiger charge is 2.21. The van der Waals surface area contributed by atoms with Crippen LogP contribution in [0.25, 0.3) is 0 Å². The first kappa shape index (κ1) is 21.2. The number of rotatable bonds is 7. The molecule has 7 nitrogen and oxygen atoms in total. The summed E-state index contributed by atoms with van der Waals surface area (Å²) in [5, 5.41) is 9.63. The normalized spacial score (nSPS) is 18.1. The Balaban J connectivity index is 1.52. The Bertz CT molecular complexity index is 716. The van der Waals surface area contributed by atoms with Gasteiger partial charge < -0.3 is 20.9 Å². The molecule has 0 atom stereocenters. The van der Waals surface area contributed by atoms with Gasteiger partial charge in [0.05, 0.1) is 13.1 Å². The van der Waals surface area contributed by atoms with E-state index in [9.17, 15) is 4.79 Å². The van der Waals surface area contributed by atoms with Crippen LogP contribution in [0.5, 0.6) is 0 Å². The summed E-state index contributed by atoms with van der Waals surface area (Å²) in [7, 11) is 1.69. The number of aliphatic imine (C=N–C) groups is 1. The van der Waals surface area contributed by atoms with Crippen molar-refractivity contribution in [2.45, 2.75) is 32.4 Å². The number of likely N-dealkylation sites (tertiary alicyclic amines) is 1. The number of nitrogens with zero attached hydrogens (tertiary/aromatic N) is 3. The third kappa shape index (κ3) is 6.49. The Kier molecular flexibility index (Phi) is 7.93. The lowest BCUT2D eigenvalue weighted by Gasteiger charge is -2.32. The molecule has 1 aromatic carbocycles. The van der Waals surface area contributed by atoms with Gasteiger partial charge in [-0.15, -0.1) is 0 Å². The first-order valence-corrected chi connectivity index (χ1v) is 10.6. The molecular formula is C22H34N6O. The van der Waals surface area contributed by atoms with E-state index in [1.54, 1.807) is 7.05 Å². The van der Waals surface area contributed by atoms with Crippen LogP contribution >= 0.6 is 0 Å². The zero-order valence-corrected chi connectivity index (χ0v) is 17.7. The first-order chi connectivity index (χ1) is 14.2. The summed E-state index contributed by atoms with van der Waals surface area (Å²) >= 11 is 0. The lowest BCUT2D eigenvalue weighted by Crippen LogP contribution is -2.50. The molecule has 1 aromatic rings. The predicted octanol–water partition coefficient (Wildman–Crippen LogP) is 1.33. The highest BCUT2D eigenvalue weighted by molar-refractivity contribution is 5.80. The molecule has 0 radical (unpaired) electrons. The SMILES string of the molecule is CCNC(=NCc1cccc(N2CC=CC2)c1)NC1CCN(CC(=O)NC)CC1. The summed E-state index contributed by atoms with van der Waals surface area (Å²) in [6.07, 6.45) is 6.44. The van der Waals surface area contributed by atoms with E-state index >= 15 is 0 Å². The minimum Gasteiger partial charge on any atom is -0.364 e. The van der Waals surface area contributed by atoms with Gasteiger partial charge in [-0.1, -0.05) is 24.3 Å². The van der Waals surface area contributed by atoms with Crippen molar-refractivity contribution in [2.75, 3.05) is 51.2 Å². The van der Waals surface area contributed by atoms with E-state index in [1.165, 1.54) is 11.3 Å². The third-order valence-corrected chi connectivity index (χ3v) is 5.43. The topological polar surface area (TPSA) is 72.0 Å². The first-order valence-electron chi connectivity index (χ1n) is 10.6. The second-order valence-electron chi connectivity index (χ2n) is 7.61. The maximum atomic E-state index is 11.5. The predicted molar refractivity (Wildman–Crippen MR) is 119 cm³/mol. The number of benzene rings is 1. The second kappa shape index (κ2) is 10.9. The number of guanidine groups is 1. The standard InChI is InChI=1S/C22H34N6O/c1-3-24-22(26-19-9-13-27(14-10-19)17-21(29)23-2)25-16-18-7-6-8-20(15-18)28-11-4-5-12-28/h4-8,15,19H,3,9-14,16-17H2,1-2H3,(H,23,29)(H2,24,25,26). The molecule has 0 aromatic heterocycles. The minimum atomic E-state index is 0.0817. The summed E-state index contributed by atoms with van der Waals surface area (Å²) in [5.41, 5.74) is 2.47. The Morgan fingerprint density at radius 2 is 1.97 bits per heavy atom. The fourth-order valence-electron chi connectivity index (χ4n) is 3.74. The van der Waals surface area contributed by atoms with Gasteiger partial charge in [0.2, 0.25) is 5.91 Å². The number of likely N-dealkylation sites (N-methyl/N-ethyl adjacent to an activating group) is 1. The molecule has 0 bridgehead atoms. The molecule has 158 valence electrons. The lowest BCUT2D eigenvalue weighted by atomic mass is 10.1. The molecule has 0 unspecified atom stereocenters. The van der Waals surface area contributed by atoms with E-state index in [2.05, 4.69) is 69.1 Å². The molecule has 1 amide bonds. The number of amides is 1. The highest BCUT2D eigenvalue weighted by atomic mass is 16.1. The molecule has 0 saturated carbocycles. The van der Waals surface area contributed by atoms with Gasteiger partial charge in [-0.25, -0.2) is 4.99 Å². The van der Waals surface area contributed by atoms with Crippen molar-refractivity contribution in [1.82, 2.24) is 20.9 Å². The molecule has 7 heteroatoms. The van der Waals surface area contributed by atoms with Crippen molar-refractivity contribution in [3.05, 3.63) is 42.0 Å². The van der Waals surface area contributed by atoms with Crippen LogP contribution in [0, 0.1) is 0 Å². The Hall–Kier alpha value is -2.54. The van der Waals surface area contributed by atoms with Gasteiger partial charge in [-0.2, -0.15) is 0 Å². The number of piperidine rings is 1. The van der Waals surface area contributed by atoms with Gasteiger partial charge in [-0.05, 0) is 37.5 Å². The van der Waals surface area contributed by atoms with Crippen molar-refractivity contribution >= 4 is 17.6 Å². The van der Waals surface area contributed by atoms with E-state index in [-0.39, 0.29) is 5.91 Å². The molecule has 2 aliphatic heterocycles. The number of carbonyl (C=O) groups is 1. The van der Waals surface area contributed by atoms with Gasteiger partial charge in [0.15, 0.2) is 5.96 Å². The van der Waals surface area contributed by atoms with Gasteiger partial charge >= 0.3 is 0 Å². The van der Waals surface area contributed by atoms with E-state index < -0.39 is 0 Å². The molecule has 2 aliphatic rings. The number of nitrogens with one attached hydrogen (secondary N) is 3. The second-order valence-corrected chi connectivity index (χ2v) is 7.61. The molecule has 29 heavy (non-hydrogen) atoms. The molecule has 0 aliphatic carbocycles. The fraction of sp³-hybridized carbons (Fsp3) is 0.545. The van der Waals surface area contributed by atoms with Gasteiger partial charge in [0.1, 0.15) is 0 Å². The number of anilines is 1. The van der Waals surface area contributed by atoms with Crippen LogP contribution in [0.3, 0.4) is 0 Å². The summed E-state index contributed by atoms with van der Waals surface area (Å²) in [5.74, 6) is 0.948. The monoisotopic (exact) mass is 398 g/mol.